The van der Waals surface area contributed by atoms with E-state index in [4.69, 9.17) is 0 Å². The summed E-state index contributed by atoms with van der Waals surface area (Å²) in [5.74, 6) is 0.896. The molecule has 0 saturated carbocycles. The van der Waals surface area contributed by atoms with Gasteiger partial charge >= 0.3 is 0 Å². The predicted molar refractivity (Wildman–Crippen MR) is 67.9 cm³/mol. The standard InChI is InChI=1S/C12H19N5/c1-9(2)17-8-6-12(15-17)14-10(3)11-5-7-13-16(11)4/h5-10H,1-4H3,(H,14,15). The number of nitrogens with zero attached hydrogens (tertiary/aromatic N) is 4. The molecule has 0 saturated heterocycles. The Labute approximate surface area is 101 Å². The molecule has 2 aromatic rings. The molecule has 17 heavy (non-hydrogen) atoms. The van der Waals surface area contributed by atoms with E-state index in [0.717, 1.165) is 11.5 Å². The molecule has 0 radical (unpaired) electrons. The minimum absolute atomic E-state index is 0.193. The van der Waals surface area contributed by atoms with Crippen LogP contribution in [0.4, 0.5) is 5.82 Å². The highest BCUT2D eigenvalue weighted by Gasteiger charge is 2.10. The van der Waals surface area contributed by atoms with E-state index in [2.05, 4.69) is 36.3 Å². The third-order valence-electron chi connectivity index (χ3n) is 2.80. The van der Waals surface area contributed by atoms with E-state index in [1.165, 1.54) is 0 Å². The Kier molecular flexibility index (Phi) is 3.17. The van der Waals surface area contributed by atoms with Crippen LogP contribution in [0.3, 0.4) is 0 Å². The van der Waals surface area contributed by atoms with Crippen molar-refractivity contribution < 1.29 is 0 Å². The predicted octanol–water partition coefficient (Wildman–Crippen LogP) is 2.37. The highest BCUT2D eigenvalue weighted by atomic mass is 15.3. The molecular formula is C12H19N5. The van der Waals surface area contributed by atoms with Gasteiger partial charge in [0.15, 0.2) is 0 Å². The van der Waals surface area contributed by atoms with Gasteiger partial charge in [0, 0.05) is 31.5 Å². The summed E-state index contributed by atoms with van der Waals surface area (Å²) in [5.41, 5.74) is 1.14. The zero-order valence-corrected chi connectivity index (χ0v) is 10.8. The maximum atomic E-state index is 4.47. The van der Waals surface area contributed by atoms with Gasteiger partial charge in [0.1, 0.15) is 5.82 Å². The summed E-state index contributed by atoms with van der Waals surface area (Å²) in [6.07, 6.45) is 3.79. The summed E-state index contributed by atoms with van der Waals surface area (Å²) in [4.78, 5) is 0. The van der Waals surface area contributed by atoms with E-state index in [9.17, 15) is 0 Å². The molecule has 1 unspecified atom stereocenters. The Morgan fingerprint density at radius 3 is 2.53 bits per heavy atom. The minimum Gasteiger partial charge on any atom is -0.361 e. The Balaban J connectivity index is 2.08. The van der Waals surface area contributed by atoms with Crippen molar-refractivity contribution in [3.63, 3.8) is 0 Å². The molecule has 0 aliphatic heterocycles. The quantitative estimate of drug-likeness (QED) is 0.882. The van der Waals surface area contributed by atoms with Crippen LogP contribution in [0.1, 0.15) is 38.5 Å². The fourth-order valence-corrected chi connectivity index (χ4v) is 1.81. The Morgan fingerprint density at radius 2 is 2.00 bits per heavy atom. The second-order valence-corrected chi connectivity index (χ2v) is 4.52. The number of aryl methyl sites for hydroxylation is 1. The summed E-state index contributed by atoms with van der Waals surface area (Å²) >= 11 is 0. The van der Waals surface area contributed by atoms with Crippen LogP contribution in [0.15, 0.2) is 24.5 Å². The molecule has 0 spiro atoms. The highest BCUT2D eigenvalue weighted by molar-refractivity contribution is 5.35. The number of rotatable bonds is 4. The van der Waals surface area contributed by atoms with Crippen LogP contribution in [-0.2, 0) is 7.05 Å². The summed E-state index contributed by atoms with van der Waals surface area (Å²) < 4.78 is 3.81. The lowest BCUT2D eigenvalue weighted by molar-refractivity contribution is 0.533. The average Bonchev–Trinajstić information content (AvgIpc) is 2.86. The first-order chi connectivity index (χ1) is 8.08. The van der Waals surface area contributed by atoms with E-state index in [0.29, 0.717) is 6.04 Å². The van der Waals surface area contributed by atoms with Crippen molar-refractivity contribution in [2.45, 2.75) is 32.9 Å². The summed E-state index contributed by atoms with van der Waals surface area (Å²) in [7, 11) is 1.94. The molecule has 0 bridgehead atoms. The molecule has 5 heteroatoms. The number of hydrogen-bond donors (Lipinski definition) is 1. The average molecular weight is 233 g/mol. The number of anilines is 1. The first kappa shape index (κ1) is 11.7. The normalized spacial score (nSPS) is 13.0. The molecule has 92 valence electrons. The summed E-state index contributed by atoms with van der Waals surface area (Å²) in [6.45, 7) is 6.33. The Bertz CT molecular complexity index is 483. The number of aromatic nitrogens is 4. The molecular weight excluding hydrogens is 214 g/mol. The van der Waals surface area contributed by atoms with Crippen molar-refractivity contribution in [1.29, 1.82) is 0 Å². The van der Waals surface area contributed by atoms with Crippen molar-refractivity contribution in [1.82, 2.24) is 19.6 Å². The molecule has 0 aliphatic rings. The molecule has 1 atom stereocenters. The van der Waals surface area contributed by atoms with E-state index in [-0.39, 0.29) is 6.04 Å². The van der Waals surface area contributed by atoms with Crippen LogP contribution in [0.5, 0.6) is 0 Å². The van der Waals surface area contributed by atoms with Crippen LogP contribution in [0.2, 0.25) is 0 Å². The first-order valence-corrected chi connectivity index (χ1v) is 5.87. The SMILES string of the molecule is CC(Nc1ccn(C(C)C)n1)c1ccnn1C. The molecule has 2 aromatic heterocycles. The zero-order valence-electron chi connectivity index (χ0n) is 10.8. The Morgan fingerprint density at radius 1 is 1.24 bits per heavy atom. The van der Waals surface area contributed by atoms with Crippen LogP contribution < -0.4 is 5.32 Å². The maximum absolute atomic E-state index is 4.47. The van der Waals surface area contributed by atoms with Crippen molar-refractivity contribution >= 4 is 5.82 Å². The van der Waals surface area contributed by atoms with E-state index < -0.39 is 0 Å². The van der Waals surface area contributed by atoms with Crippen molar-refractivity contribution in [2.24, 2.45) is 7.05 Å². The van der Waals surface area contributed by atoms with Crippen LogP contribution >= 0.6 is 0 Å². The minimum atomic E-state index is 0.193. The lowest BCUT2D eigenvalue weighted by Crippen LogP contribution is -2.12. The molecule has 2 heterocycles. The van der Waals surface area contributed by atoms with Gasteiger partial charge in [0.05, 0.1) is 11.7 Å². The molecule has 0 aliphatic carbocycles. The number of nitrogens with one attached hydrogen (secondary N) is 1. The van der Waals surface area contributed by atoms with Gasteiger partial charge in [-0.3, -0.25) is 9.36 Å². The largest absolute Gasteiger partial charge is 0.361 e. The molecule has 0 aromatic carbocycles. The topological polar surface area (TPSA) is 47.7 Å². The van der Waals surface area contributed by atoms with Gasteiger partial charge in [0.2, 0.25) is 0 Å². The van der Waals surface area contributed by atoms with Crippen LogP contribution in [0.25, 0.3) is 0 Å². The van der Waals surface area contributed by atoms with E-state index in [1.807, 2.05) is 34.7 Å². The van der Waals surface area contributed by atoms with E-state index >= 15 is 0 Å². The third kappa shape index (κ3) is 2.49. The molecule has 2 rings (SSSR count). The van der Waals surface area contributed by atoms with Gasteiger partial charge in [0.25, 0.3) is 0 Å². The third-order valence-corrected chi connectivity index (χ3v) is 2.80. The van der Waals surface area contributed by atoms with Crippen LogP contribution in [-0.4, -0.2) is 19.6 Å². The second-order valence-electron chi connectivity index (χ2n) is 4.52. The monoisotopic (exact) mass is 233 g/mol. The molecule has 0 fully saturated rings. The molecule has 1 N–H and O–H groups in total. The highest BCUT2D eigenvalue weighted by Crippen LogP contribution is 2.17. The van der Waals surface area contributed by atoms with Gasteiger partial charge in [-0.2, -0.15) is 10.2 Å². The van der Waals surface area contributed by atoms with Gasteiger partial charge < -0.3 is 5.32 Å². The van der Waals surface area contributed by atoms with Crippen molar-refractivity contribution in [3.8, 4) is 0 Å². The molecule has 5 nitrogen and oxygen atoms in total. The molecule has 0 amide bonds. The van der Waals surface area contributed by atoms with Crippen molar-refractivity contribution in [3.05, 3.63) is 30.2 Å². The zero-order chi connectivity index (χ0) is 12.4. The van der Waals surface area contributed by atoms with E-state index in [1.54, 1.807) is 6.20 Å². The smallest absolute Gasteiger partial charge is 0.148 e. The lowest BCUT2D eigenvalue weighted by Gasteiger charge is -2.13. The van der Waals surface area contributed by atoms with Gasteiger partial charge in [-0.1, -0.05) is 0 Å². The lowest BCUT2D eigenvalue weighted by atomic mass is 10.2. The summed E-state index contributed by atoms with van der Waals surface area (Å²) in [5, 5.41) is 12.0. The fourth-order valence-electron chi connectivity index (χ4n) is 1.81. The summed E-state index contributed by atoms with van der Waals surface area (Å²) in [6, 6.07) is 4.58. The maximum Gasteiger partial charge on any atom is 0.148 e. The number of hydrogen-bond acceptors (Lipinski definition) is 3. The Hall–Kier alpha value is -1.78. The second kappa shape index (κ2) is 4.61. The van der Waals surface area contributed by atoms with Crippen LogP contribution in [0, 0.1) is 0 Å². The van der Waals surface area contributed by atoms with Gasteiger partial charge in [-0.25, -0.2) is 0 Å². The van der Waals surface area contributed by atoms with Gasteiger partial charge in [-0.05, 0) is 26.8 Å². The van der Waals surface area contributed by atoms with Gasteiger partial charge in [-0.15, -0.1) is 0 Å². The first-order valence-electron chi connectivity index (χ1n) is 5.87. The van der Waals surface area contributed by atoms with Crippen molar-refractivity contribution in [2.75, 3.05) is 5.32 Å². The fraction of sp³-hybridized carbons (Fsp3) is 0.500.